The zero-order valence-corrected chi connectivity index (χ0v) is 31.8. The zero-order valence-electron chi connectivity index (χ0n) is 31.8. The van der Waals surface area contributed by atoms with Gasteiger partial charge in [-0.1, -0.05) is 140 Å². The van der Waals surface area contributed by atoms with Crippen LogP contribution in [0.4, 0.5) is 17.1 Å². The minimum absolute atomic E-state index is 1.01. The van der Waals surface area contributed by atoms with Gasteiger partial charge in [0.05, 0.1) is 22.2 Å². The molecule has 2 aliphatic rings. The van der Waals surface area contributed by atoms with Crippen molar-refractivity contribution in [3.05, 3.63) is 199 Å². The van der Waals surface area contributed by atoms with E-state index in [0.29, 0.717) is 0 Å². The molecular weight excluding hydrogens is 689 g/mol. The first-order chi connectivity index (χ1) is 28.3. The number of anilines is 3. The van der Waals surface area contributed by atoms with E-state index in [1.165, 1.54) is 113 Å². The fourth-order valence-corrected chi connectivity index (χ4v) is 10.1. The summed E-state index contributed by atoms with van der Waals surface area (Å²) in [5.41, 5.74) is 20.6. The molecule has 57 heavy (non-hydrogen) atoms. The molecule has 12 rings (SSSR count). The van der Waals surface area contributed by atoms with Crippen LogP contribution in [0.15, 0.2) is 182 Å². The molecule has 270 valence electrons. The first kappa shape index (κ1) is 32.4. The van der Waals surface area contributed by atoms with Gasteiger partial charge in [-0.2, -0.15) is 0 Å². The Kier molecular flexibility index (Phi) is 7.28. The summed E-state index contributed by atoms with van der Waals surface area (Å²) in [6.45, 7) is 0. The van der Waals surface area contributed by atoms with Crippen LogP contribution in [0, 0.1) is 0 Å². The van der Waals surface area contributed by atoms with Crippen LogP contribution in [0.2, 0.25) is 0 Å². The summed E-state index contributed by atoms with van der Waals surface area (Å²) in [5, 5.41) is 5.15. The van der Waals surface area contributed by atoms with Crippen molar-refractivity contribution in [2.45, 2.75) is 32.1 Å². The summed E-state index contributed by atoms with van der Waals surface area (Å²) < 4.78 is 2.51. The highest BCUT2D eigenvalue weighted by atomic mass is 15.2. The Hall–Kier alpha value is -6.90. The van der Waals surface area contributed by atoms with Gasteiger partial charge in [-0.3, -0.25) is 0 Å². The summed E-state index contributed by atoms with van der Waals surface area (Å²) in [7, 11) is 0. The molecule has 0 atom stereocenters. The van der Waals surface area contributed by atoms with Crippen LogP contribution in [0.5, 0.6) is 0 Å². The minimum Gasteiger partial charge on any atom is -0.308 e. The molecule has 2 aliphatic carbocycles. The molecule has 0 spiro atoms. The zero-order chi connectivity index (χ0) is 37.5. The molecule has 0 unspecified atom stereocenters. The standard InChI is InChI=1S/C55H40N2/c1-2-12-37(13-3-1)44-15-6-7-16-45(44)38-28-32-43(33-29-38)56(42-30-26-36(27-31-42)39-24-25-41-34-40-14-4-5-17-46(40)51(41)35-39)53-23-11-21-50-49-20-10-19-48-47-18-8-9-22-52(47)57(54(48)49)55(50)53/h4-12,14-33,35H,1-3,13,34H2. The maximum atomic E-state index is 2.51. The predicted octanol–water partition coefficient (Wildman–Crippen LogP) is 15.2. The highest BCUT2D eigenvalue weighted by molar-refractivity contribution is 6.25. The van der Waals surface area contributed by atoms with Crippen LogP contribution in [0.3, 0.4) is 0 Å². The topological polar surface area (TPSA) is 7.65 Å². The average molecular weight is 729 g/mol. The van der Waals surface area contributed by atoms with Crippen molar-refractivity contribution in [2.24, 2.45) is 0 Å². The number of para-hydroxylation sites is 3. The van der Waals surface area contributed by atoms with E-state index in [-0.39, 0.29) is 0 Å². The summed E-state index contributed by atoms with van der Waals surface area (Å²) >= 11 is 0. The van der Waals surface area contributed by atoms with E-state index in [0.717, 1.165) is 29.9 Å². The van der Waals surface area contributed by atoms with Gasteiger partial charge in [0, 0.05) is 32.9 Å². The summed E-state index contributed by atoms with van der Waals surface area (Å²) in [5.74, 6) is 0. The molecule has 0 N–H and O–H groups in total. The van der Waals surface area contributed by atoms with Crippen molar-refractivity contribution >= 4 is 60.7 Å². The van der Waals surface area contributed by atoms with Crippen LogP contribution in [0.1, 0.15) is 42.4 Å². The Morgan fingerprint density at radius 3 is 1.82 bits per heavy atom. The van der Waals surface area contributed by atoms with Gasteiger partial charge in [-0.15, -0.1) is 0 Å². The van der Waals surface area contributed by atoms with E-state index in [9.17, 15) is 0 Å². The summed E-state index contributed by atoms with van der Waals surface area (Å²) in [6, 6.07) is 65.7. The number of hydrogen-bond donors (Lipinski definition) is 0. The first-order valence-electron chi connectivity index (χ1n) is 20.5. The SMILES string of the molecule is C1=C(c2ccccc2-c2ccc(N(c3ccc(-c4ccc5c(c4)-c4ccccc4C5)cc3)c3cccc4c5cccc6c7ccccc7n(c34)c65)cc2)CCCC1. The molecular formula is C55H40N2. The van der Waals surface area contributed by atoms with Crippen molar-refractivity contribution in [3.8, 4) is 33.4 Å². The van der Waals surface area contributed by atoms with Crippen molar-refractivity contribution in [1.82, 2.24) is 4.40 Å². The van der Waals surface area contributed by atoms with E-state index in [1.54, 1.807) is 0 Å². The number of rotatable bonds is 6. The van der Waals surface area contributed by atoms with Crippen LogP contribution in [-0.4, -0.2) is 4.40 Å². The monoisotopic (exact) mass is 728 g/mol. The number of aromatic nitrogens is 1. The largest absolute Gasteiger partial charge is 0.308 e. The second kappa shape index (κ2) is 12.8. The molecule has 0 radical (unpaired) electrons. The second-order valence-electron chi connectivity index (χ2n) is 15.9. The highest BCUT2D eigenvalue weighted by Crippen LogP contribution is 2.47. The van der Waals surface area contributed by atoms with Crippen LogP contribution in [-0.2, 0) is 6.42 Å². The number of fused-ring (bicyclic) bond motifs is 9. The van der Waals surface area contributed by atoms with Crippen LogP contribution >= 0.6 is 0 Å². The molecule has 2 heteroatoms. The predicted molar refractivity (Wildman–Crippen MR) is 241 cm³/mol. The van der Waals surface area contributed by atoms with Gasteiger partial charge in [0.1, 0.15) is 0 Å². The maximum absolute atomic E-state index is 2.51. The molecule has 10 aromatic rings. The van der Waals surface area contributed by atoms with Gasteiger partial charge in [0.15, 0.2) is 0 Å². The number of allylic oxidation sites excluding steroid dienone is 2. The summed E-state index contributed by atoms with van der Waals surface area (Å²) in [4.78, 5) is 2.47. The minimum atomic E-state index is 1.01. The second-order valence-corrected chi connectivity index (χ2v) is 15.9. The lowest BCUT2D eigenvalue weighted by atomic mass is 9.88. The van der Waals surface area contributed by atoms with Gasteiger partial charge in [0.2, 0.25) is 0 Å². The molecule has 8 aromatic carbocycles. The van der Waals surface area contributed by atoms with Gasteiger partial charge in [-0.25, -0.2) is 0 Å². The van der Waals surface area contributed by atoms with E-state index in [1.807, 2.05) is 0 Å². The molecule has 0 aliphatic heterocycles. The van der Waals surface area contributed by atoms with Crippen LogP contribution < -0.4 is 4.90 Å². The fourth-order valence-electron chi connectivity index (χ4n) is 10.1. The van der Waals surface area contributed by atoms with Gasteiger partial charge < -0.3 is 9.30 Å². The number of hydrogen-bond acceptors (Lipinski definition) is 1. The molecule has 0 amide bonds. The van der Waals surface area contributed by atoms with Crippen molar-refractivity contribution in [3.63, 3.8) is 0 Å². The third kappa shape index (κ3) is 5.03. The van der Waals surface area contributed by atoms with E-state index < -0.39 is 0 Å². The molecule has 2 heterocycles. The smallest absolute Gasteiger partial charge is 0.0782 e. The molecule has 0 fully saturated rings. The molecule has 2 aromatic heterocycles. The Morgan fingerprint density at radius 2 is 1.04 bits per heavy atom. The molecule has 0 saturated carbocycles. The summed E-state index contributed by atoms with van der Waals surface area (Å²) in [6.07, 6.45) is 8.35. The quantitative estimate of drug-likeness (QED) is 0.165. The lowest BCUT2D eigenvalue weighted by Gasteiger charge is -2.27. The highest BCUT2D eigenvalue weighted by Gasteiger charge is 2.24. The van der Waals surface area contributed by atoms with Crippen molar-refractivity contribution in [1.29, 1.82) is 0 Å². The normalized spacial score (nSPS) is 13.7. The number of nitrogens with zero attached hydrogens (tertiary/aromatic N) is 2. The Bertz CT molecular complexity index is 3200. The lowest BCUT2D eigenvalue weighted by molar-refractivity contribution is 0.742. The van der Waals surface area contributed by atoms with Crippen molar-refractivity contribution in [2.75, 3.05) is 4.90 Å². The lowest BCUT2D eigenvalue weighted by Crippen LogP contribution is -2.11. The average Bonchev–Trinajstić information content (AvgIpc) is 3.95. The fraction of sp³-hybridized carbons (Fsp3) is 0.0909. The van der Waals surface area contributed by atoms with E-state index in [2.05, 4.69) is 191 Å². The molecule has 2 nitrogen and oxygen atoms in total. The Labute approximate surface area is 332 Å². The molecule has 0 saturated heterocycles. The molecule has 0 bridgehead atoms. The van der Waals surface area contributed by atoms with Gasteiger partial charge in [0.25, 0.3) is 0 Å². The maximum Gasteiger partial charge on any atom is 0.0782 e. The van der Waals surface area contributed by atoms with Gasteiger partial charge in [-0.05, 0) is 130 Å². The first-order valence-corrected chi connectivity index (χ1v) is 20.5. The Balaban J connectivity index is 1.03. The third-order valence-corrected chi connectivity index (χ3v) is 12.7. The Morgan fingerprint density at radius 1 is 0.421 bits per heavy atom. The van der Waals surface area contributed by atoms with Gasteiger partial charge >= 0.3 is 0 Å². The van der Waals surface area contributed by atoms with E-state index >= 15 is 0 Å². The van der Waals surface area contributed by atoms with E-state index in [4.69, 9.17) is 0 Å². The van der Waals surface area contributed by atoms with Crippen LogP contribution in [0.25, 0.3) is 77.0 Å². The number of benzene rings is 8. The third-order valence-electron chi connectivity index (χ3n) is 12.7. The van der Waals surface area contributed by atoms with Crippen molar-refractivity contribution < 1.29 is 0 Å².